The van der Waals surface area contributed by atoms with Gasteiger partial charge in [-0.15, -0.1) is 0 Å². The molecule has 104 valence electrons. The molecule has 6 nitrogen and oxygen atoms in total. The van der Waals surface area contributed by atoms with Crippen molar-refractivity contribution in [3.63, 3.8) is 0 Å². The summed E-state index contributed by atoms with van der Waals surface area (Å²) < 4.78 is 0. The van der Waals surface area contributed by atoms with Crippen LogP contribution in [0.1, 0.15) is 6.42 Å². The Morgan fingerprint density at radius 3 is 2.42 bits per heavy atom. The maximum Gasteiger partial charge on any atom is 0.304 e. The first-order chi connectivity index (χ1) is 9.11. The van der Waals surface area contributed by atoms with Crippen molar-refractivity contribution in [3.05, 3.63) is 30.3 Å². The molecule has 1 aromatic rings. The lowest BCUT2D eigenvalue weighted by atomic mass is 10.3. The SMILES string of the molecule is O=C(O)CCN(CCO)CC(=O)Nc1ccccc1. The Morgan fingerprint density at radius 2 is 1.84 bits per heavy atom. The Morgan fingerprint density at radius 1 is 1.16 bits per heavy atom. The van der Waals surface area contributed by atoms with Crippen LogP contribution in [0.15, 0.2) is 30.3 Å². The molecule has 0 aliphatic carbocycles. The van der Waals surface area contributed by atoms with E-state index in [-0.39, 0.29) is 38.6 Å². The molecule has 6 heteroatoms. The van der Waals surface area contributed by atoms with E-state index in [1.54, 1.807) is 17.0 Å². The number of carboxylic acid groups (broad SMARTS) is 1. The fraction of sp³-hybridized carbons (Fsp3) is 0.385. The predicted octanol–water partition coefficient (Wildman–Crippen LogP) is 0.394. The first-order valence-electron chi connectivity index (χ1n) is 6.01. The number of rotatable bonds is 8. The van der Waals surface area contributed by atoms with Crippen LogP contribution in [0.5, 0.6) is 0 Å². The molecule has 19 heavy (non-hydrogen) atoms. The van der Waals surface area contributed by atoms with Crippen LogP contribution in [0.3, 0.4) is 0 Å². The largest absolute Gasteiger partial charge is 0.481 e. The van der Waals surface area contributed by atoms with Gasteiger partial charge in [0.25, 0.3) is 0 Å². The van der Waals surface area contributed by atoms with Gasteiger partial charge in [0.1, 0.15) is 0 Å². The monoisotopic (exact) mass is 266 g/mol. The minimum Gasteiger partial charge on any atom is -0.481 e. The zero-order valence-corrected chi connectivity index (χ0v) is 10.6. The van der Waals surface area contributed by atoms with Gasteiger partial charge in [-0.25, -0.2) is 0 Å². The smallest absolute Gasteiger partial charge is 0.304 e. The summed E-state index contributed by atoms with van der Waals surface area (Å²) in [6, 6.07) is 9.01. The average Bonchev–Trinajstić information content (AvgIpc) is 2.37. The third-order valence-electron chi connectivity index (χ3n) is 2.48. The van der Waals surface area contributed by atoms with Gasteiger partial charge in [-0.3, -0.25) is 14.5 Å². The average molecular weight is 266 g/mol. The Hall–Kier alpha value is -1.92. The summed E-state index contributed by atoms with van der Waals surface area (Å²) in [7, 11) is 0. The number of benzene rings is 1. The second-order valence-corrected chi connectivity index (χ2v) is 4.06. The zero-order valence-electron chi connectivity index (χ0n) is 10.6. The van der Waals surface area contributed by atoms with Crippen LogP contribution < -0.4 is 5.32 Å². The quantitative estimate of drug-likeness (QED) is 0.633. The highest BCUT2D eigenvalue weighted by atomic mass is 16.4. The predicted molar refractivity (Wildman–Crippen MR) is 70.9 cm³/mol. The molecule has 0 spiro atoms. The summed E-state index contributed by atoms with van der Waals surface area (Å²) in [6.07, 6.45) is -0.0569. The number of nitrogens with zero attached hydrogens (tertiary/aromatic N) is 1. The van der Waals surface area contributed by atoms with Crippen molar-refractivity contribution >= 4 is 17.6 Å². The summed E-state index contributed by atoms with van der Waals surface area (Å²) in [6.45, 7) is 0.453. The van der Waals surface area contributed by atoms with Crippen molar-refractivity contribution in [2.45, 2.75) is 6.42 Å². The van der Waals surface area contributed by atoms with Crippen LogP contribution in [-0.4, -0.2) is 53.2 Å². The number of aliphatic carboxylic acids is 1. The van der Waals surface area contributed by atoms with Crippen molar-refractivity contribution in [2.75, 3.05) is 31.6 Å². The molecule has 0 fully saturated rings. The Balaban J connectivity index is 2.44. The third kappa shape index (κ3) is 6.54. The van der Waals surface area contributed by atoms with Crippen LogP contribution in [0, 0.1) is 0 Å². The molecule has 1 amide bonds. The number of amides is 1. The van der Waals surface area contributed by atoms with Crippen molar-refractivity contribution in [1.82, 2.24) is 4.90 Å². The van der Waals surface area contributed by atoms with E-state index in [0.717, 1.165) is 0 Å². The molecule has 1 rings (SSSR count). The highest BCUT2D eigenvalue weighted by Gasteiger charge is 2.11. The number of hydrogen-bond acceptors (Lipinski definition) is 4. The second-order valence-electron chi connectivity index (χ2n) is 4.06. The number of hydrogen-bond donors (Lipinski definition) is 3. The molecule has 3 N–H and O–H groups in total. The Bertz CT molecular complexity index is 408. The number of carbonyl (C=O) groups is 2. The number of anilines is 1. The van der Waals surface area contributed by atoms with Gasteiger partial charge >= 0.3 is 5.97 Å². The fourth-order valence-electron chi connectivity index (χ4n) is 1.59. The molecule has 0 bridgehead atoms. The highest BCUT2D eigenvalue weighted by Crippen LogP contribution is 2.05. The van der Waals surface area contributed by atoms with Gasteiger partial charge < -0.3 is 15.5 Å². The van der Waals surface area contributed by atoms with Crippen molar-refractivity contribution < 1.29 is 19.8 Å². The van der Waals surface area contributed by atoms with Gasteiger partial charge in [-0.05, 0) is 12.1 Å². The summed E-state index contributed by atoms with van der Waals surface area (Å²) in [4.78, 5) is 23.9. The number of nitrogens with one attached hydrogen (secondary N) is 1. The standard InChI is InChI=1S/C13H18N2O4/c16-9-8-15(7-6-13(18)19)10-12(17)14-11-4-2-1-3-5-11/h1-5,16H,6-10H2,(H,14,17)(H,18,19). The molecule has 0 aliphatic heterocycles. The zero-order chi connectivity index (χ0) is 14.1. The van der Waals surface area contributed by atoms with Gasteiger partial charge in [-0.1, -0.05) is 18.2 Å². The van der Waals surface area contributed by atoms with E-state index < -0.39 is 5.97 Å². The molecule has 0 aromatic heterocycles. The van der Waals surface area contributed by atoms with E-state index in [1.165, 1.54) is 0 Å². The number of carbonyl (C=O) groups excluding carboxylic acids is 1. The Labute approximate surface area is 111 Å². The summed E-state index contributed by atoms with van der Waals surface area (Å²) >= 11 is 0. The first kappa shape index (κ1) is 15.1. The topological polar surface area (TPSA) is 89.9 Å². The first-order valence-corrected chi connectivity index (χ1v) is 6.01. The normalized spacial score (nSPS) is 10.4. The molecular formula is C13H18N2O4. The van der Waals surface area contributed by atoms with Crippen molar-refractivity contribution in [3.8, 4) is 0 Å². The van der Waals surface area contributed by atoms with Gasteiger partial charge in [-0.2, -0.15) is 0 Å². The summed E-state index contributed by atoms with van der Waals surface area (Å²) in [5.41, 5.74) is 0.690. The number of para-hydroxylation sites is 1. The molecule has 1 aromatic carbocycles. The van der Waals surface area contributed by atoms with E-state index in [4.69, 9.17) is 10.2 Å². The van der Waals surface area contributed by atoms with E-state index in [2.05, 4.69) is 5.32 Å². The van der Waals surface area contributed by atoms with Gasteiger partial charge in [0.2, 0.25) is 5.91 Å². The molecule has 0 unspecified atom stereocenters. The molecule has 0 atom stereocenters. The molecule has 0 radical (unpaired) electrons. The summed E-state index contributed by atoms with van der Waals surface area (Å²) in [5.74, 6) is -1.16. The number of carboxylic acids is 1. The minimum atomic E-state index is -0.925. The van der Waals surface area contributed by atoms with E-state index in [0.29, 0.717) is 5.69 Å². The molecule has 0 heterocycles. The molecule has 0 saturated heterocycles. The summed E-state index contributed by atoms with van der Waals surface area (Å²) in [5, 5.41) is 20.2. The molecule has 0 aliphatic rings. The van der Waals surface area contributed by atoms with Gasteiger partial charge in [0.15, 0.2) is 0 Å². The minimum absolute atomic E-state index is 0.0569. The maximum absolute atomic E-state index is 11.8. The van der Waals surface area contributed by atoms with Crippen LogP contribution in [0.2, 0.25) is 0 Å². The van der Waals surface area contributed by atoms with E-state index in [9.17, 15) is 9.59 Å². The lowest BCUT2D eigenvalue weighted by molar-refractivity contribution is -0.137. The van der Waals surface area contributed by atoms with Crippen LogP contribution in [0.4, 0.5) is 5.69 Å². The van der Waals surface area contributed by atoms with E-state index >= 15 is 0 Å². The Kier molecular flexibility index (Phi) is 6.56. The van der Waals surface area contributed by atoms with Crippen LogP contribution in [-0.2, 0) is 9.59 Å². The fourth-order valence-corrected chi connectivity index (χ4v) is 1.59. The molecular weight excluding hydrogens is 248 g/mol. The van der Waals surface area contributed by atoms with Gasteiger partial charge in [0, 0.05) is 18.8 Å². The number of aliphatic hydroxyl groups is 1. The van der Waals surface area contributed by atoms with Gasteiger partial charge in [0.05, 0.1) is 19.6 Å². The highest BCUT2D eigenvalue weighted by molar-refractivity contribution is 5.92. The second kappa shape index (κ2) is 8.23. The van der Waals surface area contributed by atoms with Crippen LogP contribution in [0.25, 0.3) is 0 Å². The van der Waals surface area contributed by atoms with Crippen molar-refractivity contribution in [1.29, 1.82) is 0 Å². The third-order valence-corrected chi connectivity index (χ3v) is 2.48. The number of aliphatic hydroxyl groups excluding tert-OH is 1. The lowest BCUT2D eigenvalue weighted by Gasteiger charge is -2.19. The van der Waals surface area contributed by atoms with Crippen molar-refractivity contribution in [2.24, 2.45) is 0 Å². The molecule has 0 saturated carbocycles. The van der Waals surface area contributed by atoms with Crippen LogP contribution >= 0.6 is 0 Å². The lowest BCUT2D eigenvalue weighted by Crippen LogP contribution is -2.36. The van der Waals surface area contributed by atoms with E-state index in [1.807, 2.05) is 18.2 Å². The maximum atomic E-state index is 11.8.